The van der Waals surface area contributed by atoms with Crippen LogP contribution in [0.3, 0.4) is 0 Å². The maximum Gasteiger partial charge on any atom is 0.435 e. The highest BCUT2D eigenvalue weighted by molar-refractivity contribution is 7.90. The number of hydrogen-bond donors (Lipinski definition) is 1. The number of carbonyl (C=O) groups excluding carboxylic acids is 2. The fourth-order valence-corrected chi connectivity index (χ4v) is 5.54. The Morgan fingerprint density at radius 3 is 2.34 bits per heavy atom. The first-order valence-electron chi connectivity index (χ1n) is 13.6. The van der Waals surface area contributed by atoms with Crippen molar-refractivity contribution in [1.82, 2.24) is 24.5 Å². The Kier molecular flexibility index (Phi) is 8.49. The summed E-state index contributed by atoms with van der Waals surface area (Å²) in [5.74, 6) is -1.70. The minimum atomic E-state index is -4.69. The molecular weight excluding hydrogens is 609 g/mol. The van der Waals surface area contributed by atoms with Gasteiger partial charge in [-0.15, -0.1) is 0 Å². The number of nitrogens with zero attached hydrogens (tertiary/aromatic N) is 5. The number of sulfonamides is 1. The summed E-state index contributed by atoms with van der Waals surface area (Å²) in [5, 5.41) is 6.46. The molecular formula is C27H29F3N6O7S. The summed E-state index contributed by atoms with van der Waals surface area (Å²) in [7, 11) is -4.27. The fraction of sp³-hybridized carbons (Fsp3) is 0.370. The van der Waals surface area contributed by atoms with Gasteiger partial charge in [-0.25, -0.2) is 17.8 Å². The van der Waals surface area contributed by atoms with Gasteiger partial charge in [0.05, 0.1) is 16.3 Å². The normalized spacial score (nSPS) is 14.5. The number of aryl methyl sites for hydroxylation is 1. The lowest BCUT2D eigenvalue weighted by Crippen LogP contribution is -2.45. The average Bonchev–Trinajstić information content (AvgIpc) is 3.62. The number of esters is 1. The molecule has 0 saturated carbocycles. The molecule has 1 aliphatic rings. The van der Waals surface area contributed by atoms with Crippen LogP contribution in [0.15, 0.2) is 64.1 Å². The van der Waals surface area contributed by atoms with Crippen LogP contribution in [0, 0.1) is 12.8 Å². The molecule has 1 aliphatic heterocycles. The number of alkyl halides is 3. The Hall–Kier alpha value is -4.67. The maximum absolute atomic E-state index is 13.5. The number of rotatable bonds is 10. The van der Waals surface area contributed by atoms with E-state index in [4.69, 9.17) is 14.2 Å². The largest absolute Gasteiger partial charge is 0.435 e. The van der Waals surface area contributed by atoms with E-state index in [9.17, 15) is 31.2 Å². The van der Waals surface area contributed by atoms with E-state index in [0.717, 1.165) is 21.3 Å². The van der Waals surface area contributed by atoms with Crippen molar-refractivity contribution in [2.75, 3.05) is 24.9 Å². The summed E-state index contributed by atoms with van der Waals surface area (Å²) in [6.07, 6.45) is -3.84. The molecule has 44 heavy (non-hydrogen) atoms. The zero-order chi connectivity index (χ0) is 31.6. The Balaban J connectivity index is 1.21. The summed E-state index contributed by atoms with van der Waals surface area (Å²) in [4.78, 5) is 30.1. The molecule has 0 bridgehead atoms. The number of carbonyl (C=O) groups is 2. The summed E-state index contributed by atoms with van der Waals surface area (Å²) >= 11 is 0. The zero-order valence-corrected chi connectivity index (χ0v) is 24.5. The number of hydrogen-bond acceptors (Lipinski definition) is 9. The smallest absolute Gasteiger partial charge is 0.426 e. The molecule has 0 spiro atoms. The average molecular weight is 639 g/mol. The summed E-state index contributed by atoms with van der Waals surface area (Å²) in [6.45, 7) is 3.88. The second-order valence-electron chi connectivity index (χ2n) is 10.1. The Labute approximate surface area is 249 Å². The molecule has 2 aromatic heterocycles. The minimum absolute atomic E-state index is 0.176. The lowest BCUT2D eigenvalue weighted by atomic mass is 9.97. The third-order valence-corrected chi connectivity index (χ3v) is 8.35. The first-order valence-corrected chi connectivity index (χ1v) is 15.1. The molecule has 5 rings (SSSR count). The van der Waals surface area contributed by atoms with E-state index in [1.165, 1.54) is 29.2 Å². The molecule has 13 nitrogen and oxygen atoms in total. The molecule has 1 N–H and O–H groups in total. The van der Waals surface area contributed by atoms with Gasteiger partial charge in [0.2, 0.25) is 5.91 Å². The van der Waals surface area contributed by atoms with Gasteiger partial charge in [-0.3, -0.25) is 14.6 Å². The predicted octanol–water partition coefficient (Wildman–Crippen LogP) is 3.25. The van der Waals surface area contributed by atoms with E-state index in [-0.39, 0.29) is 29.5 Å². The number of piperidine rings is 1. The third kappa shape index (κ3) is 6.93. The number of amides is 1. The molecule has 1 saturated heterocycles. The van der Waals surface area contributed by atoms with Crippen LogP contribution < -0.4 is 14.6 Å². The van der Waals surface area contributed by atoms with E-state index >= 15 is 0 Å². The Morgan fingerprint density at radius 2 is 1.73 bits per heavy atom. The van der Waals surface area contributed by atoms with E-state index in [1.807, 2.05) is 6.92 Å². The highest BCUT2D eigenvalue weighted by Gasteiger charge is 2.36. The molecule has 0 unspecified atom stereocenters. The number of nitrogens with one attached hydrogen (secondary N) is 1. The van der Waals surface area contributed by atoms with E-state index in [1.54, 1.807) is 36.2 Å². The zero-order valence-electron chi connectivity index (χ0n) is 23.7. The van der Waals surface area contributed by atoms with Gasteiger partial charge in [0.25, 0.3) is 16.8 Å². The molecule has 0 aliphatic carbocycles. The van der Waals surface area contributed by atoms with Crippen molar-refractivity contribution in [3.63, 3.8) is 0 Å². The second-order valence-corrected chi connectivity index (χ2v) is 11.8. The van der Waals surface area contributed by atoms with Crippen LogP contribution in [0.2, 0.25) is 0 Å². The fourth-order valence-electron chi connectivity index (χ4n) is 4.50. The topological polar surface area (TPSA) is 143 Å². The third-order valence-electron chi connectivity index (χ3n) is 6.99. The van der Waals surface area contributed by atoms with Crippen LogP contribution in [-0.4, -0.2) is 59.9 Å². The number of aromatic nitrogens is 4. The van der Waals surface area contributed by atoms with Crippen molar-refractivity contribution in [3.8, 4) is 16.9 Å². The predicted molar refractivity (Wildman–Crippen MR) is 147 cm³/mol. The minimum Gasteiger partial charge on any atom is -0.426 e. The molecule has 1 fully saturated rings. The van der Waals surface area contributed by atoms with Crippen LogP contribution in [0.1, 0.15) is 37.4 Å². The first kappa shape index (κ1) is 30.8. The molecule has 1 amide bonds. The van der Waals surface area contributed by atoms with Gasteiger partial charge in [-0.05, 0) is 50.1 Å². The molecule has 0 atom stereocenters. The molecule has 2 aromatic carbocycles. The van der Waals surface area contributed by atoms with Gasteiger partial charge in [0.15, 0.2) is 5.69 Å². The van der Waals surface area contributed by atoms with Crippen molar-refractivity contribution < 1.29 is 45.4 Å². The van der Waals surface area contributed by atoms with Crippen LogP contribution in [-0.2, 0) is 30.5 Å². The van der Waals surface area contributed by atoms with Crippen molar-refractivity contribution in [1.29, 1.82) is 0 Å². The van der Waals surface area contributed by atoms with Gasteiger partial charge in [-0.2, -0.15) is 22.9 Å². The van der Waals surface area contributed by atoms with Gasteiger partial charge in [-0.1, -0.05) is 36.8 Å². The molecule has 0 radical (unpaired) electrons. The van der Waals surface area contributed by atoms with Crippen molar-refractivity contribution in [3.05, 3.63) is 65.9 Å². The van der Waals surface area contributed by atoms with E-state index in [2.05, 4.69) is 9.82 Å². The monoisotopic (exact) mass is 638 g/mol. The quantitative estimate of drug-likeness (QED) is 0.205. The summed E-state index contributed by atoms with van der Waals surface area (Å²) in [6, 6.07) is 12.8. The first-order chi connectivity index (χ1) is 20.9. The molecule has 236 valence electrons. The number of halogens is 3. The van der Waals surface area contributed by atoms with E-state index < -0.39 is 39.7 Å². The van der Waals surface area contributed by atoms with Crippen LogP contribution in [0.5, 0.6) is 0 Å². The van der Waals surface area contributed by atoms with Crippen LogP contribution in [0.25, 0.3) is 16.9 Å². The van der Waals surface area contributed by atoms with Gasteiger partial charge in [0.1, 0.15) is 5.02 Å². The SMILES string of the molecule is CCC(=O)OCOn1on1N1CCC(C(=O)NS(=O)(=O)c2ccc(-n3nc(C(F)(F)F)cc3-c3ccc(C)cc3)cc2)CC1. The van der Waals surface area contributed by atoms with Gasteiger partial charge < -0.3 is 9.57 Å². The highest BCUT2D eigenvalue weighted by Crippen LogP contribution is 2.33. The number of benzene rings is 2. The number of ether oxygens (including phenoxy) is 1. The lowest BCUT2D eigenvalue weighted by molar-refractivity contribution is -0.159. The summed E-state index contributed by atoms with van der Waals surface area (Å²) in [5.41, 5.74) is 0.710. The maximum atomic E-state index is 13.5. The molecule has 4 aromatic rings. The van der Waals surface area contributed by atoms with E-state index in [0.29, 0.717) is 31.5 Å². The lowest BCUT2D eigenvalue weighted by Gasteiger charge is -2.28. The van der Waals surface area contributed by atoms with Gasteiger partial charge >= 0.3 is 12.1 Å². The van der Waals surface area contributed by atoms with Crippen LogP contribution in [0.4, 0.5) is 13.2 Å². The van der Waals surface area contributed by atoms with Crippen molar-refractivity contribution >= 4 is 21.9 Å². The van der Waals surface area contributed by atoms with Crippen molar-refractivity contribution in [2.24, 2.45) is 5.92 Å². The second kappa shape index (κ2) is 12.1. The standard InChI is InChI=1S/C27H29F3N6O7S/c1-3-25(37)41-17-42-36-35(43-36)33-14-12-20(13-15-33)26(38)32-44(39,40)22-10-8-21(9-11-22)34-23(16-24(31-34)27(28,29)30)19-6-4-18(2)5-7-19/h4-11,16,20H,3,12-15,17H2,1-2H3,(H,32,38). The van der Waals surface area contributed by atoms with Crippen LogP contribution >= 0.6 is 0 Å². The summed E-state index contributed by atoms with van der Waals surface area (Å²) < 4.78 is 79.6. The van der Waals surface area contributed by atoms with Crippen molar-refractivity contribution in [2.45, 2.75) is 44.2 Å². The molecule has 3 heterocycles. The highest BCUT2D eigenvalue weighted by atomic mass is 32.2. The Bertz CT molecular complexity index is 1710. The molecule has 17 heteroatoms. The van der Waals surface area contributed by atoms with Gasteiger partial charge in [0, 0.05) is 36.0 Å². The Morgan fingerprint density at radius 1 is 1.07 bits per heavy atom.